The number of aromatic nitrogens is 1. The molecule has 0 radical (unpaired) electrons. The summed E-state index contributed by atoms with van der Waals surface area (Å²) in [4.78, 5) is 23.3. The van der Waals surface area contributed by atoms with Crippen LogP contribution >= 0.6 is 0 Å². The van der Waals surface area contributed by atoms with Gasteiger partial charge in [0.05, 0.1) is 17.9 Å². The van der Waals surface area contributed by atoms with Gasteiger partial charge in [0.1, 0.15) is 5.75 Å². The Kier molecular flexibility index (Phi) is 4.03. The van der Waals surface area contributed by atoms with E-state index in [0.29, 0.717) is 6.61 Å². The van der Waals surface area contributed by atoms with Gasteiger partial charge in [-0.2, -0.15) is 0 Å². The Hall–Kier alpha value is -2.36. The minimum absolute atomic E-state index is 0.182. The van der Waals surface area contributed by atoms with Crippen LogP contribution in [0.1, 0.15) is 29.9 Å². The Morgan fingerprint density at radius 2 is 2.00 bits per heavy atom. The van der Waals surface area contributed by atoms with Gasteiger partial charge in [-0.3, -0.25) is 9.59 Å². The normalized spacial score (nSPS) is 10.3. The Bertz CT molecular complexity index is 701. The monoisotopic (exact) mass is 271 g/mol. The molecular formula is C16H17NO3. The summed E-state index contributed by atoms with van der Waals surface area (Å²) in [6, 6.07) is 9.01. The predicted molar refractivity (Wildman–Crippen MR) is 77.9 cm³/mol. The number of aryl methyl sites for hydroxylation is 1. The molecule has 0 amide bonds. The smallest absolute Gasteiger partial charge is 0.192 e. The van der Waals surface area contributed by atoms with Gasteiger partial charge >= 0.3 is 0 Å². The molecule has 0 aliphatic heterocycles. The molecule has 0 atom stereocenters. The van der Waals surface area contributed by atoms with Gasteiger partial charge in [-0.05, 0) is 32.9 Å². The van der Waals surface area contributed by atoms with Gasteiger partial charge in [0.25, 0.3) is 0 Å². The van der Waals surface area contributed by atoms with Crippen LogP contribution in [0, 0.1) is 6.92 Å². The average molecular weight is 271 g/mol. The van der Waals surface area contributed by atoms with Crippen molar-refractivity contribution < 1.29 is 9.53 Å². The van der Waals surface area contributed by atoms with Crippen molar-refractivity contribution in [3.8, 4) is 11.4 Å². The van der Waals surface area contributed by atoms with E-state index in [2.05, 4.69) is 0 Å². The van der Waals surface area contributed by atoms with Crippen molar-refractivity contribution in [1.82, 2.24) is 4.57 Å². The van der Waals surface area contributed by atoms with E-state index in [1.165, 1.54) is 13.0 Å². The van der Waals surface area contributed by atoms with Crippen LogP contribution in [-0.2, 0) is 0 Å². The van der Waals surface area contributed by atoms with Crippen LogP contribution in [0.25, 0.3) is 5.69 Å². The van der Waals surface area contributed by atoms with E-state index >= 15 is 0 Å². The predicted octanol–water partition coefficient (Wildman–Crippen LogP) is 2.75. The first-order chi connectivity index (χ1) is 9.54. The minimum atomic E-state index is -0.250. The summed E-state index contributed by atoms with van der Waals surface area (Å²) in [5.41, 5.74) is 1.50. The molecule has 0 fully saturated rings. The van der Waals surface area contributed by atoms with Crippen molar-refractivity contribution in [2.24, 2.45) is 0 Å². The lowest BCUT2D eigenvalue weighted by Gasteiger charge is -2.16. The second-order valence-corrected chi connectivity index (χ2v) is 4.52. The number of carbonyl (C=O) groups excluding carboxylic acids is 1. The van der Waals surface area contributed by atoms with E-state index < -0.39 is 0 Å². The maximum atomic E-state index is 11.8. The lowest BCUT2D eigenvalue weighted by Crippen LogP contribution is -2.17. The molecule has 2 aromatic rings. The topological polar surface area (TPSA) is 48.3 Å². The van der Waals surface area contributed by atoms with E-state index in [1.54, 1.807) is 6.20 Å². The summed E-state index contributed by atoms with van der Waals surface area (Å²) >= 11 is 0. The highest BCUT2D eigenvalue weighted by molar-refractivity contribution is 5.93. The van der Waals surface area contributed by atoms with Crippen LogP contribution in [0.15, 0.2) is 41.3 Å². The molecule has 20 heavy (non-hydrogen) atoms. The molecule has 0 saturated heterocycles. The summed E-state index contributed by atoms with van der Waals surface area (Å²) in [5, 5.41) is 0. The third-order valence-corrected chi connectivity index (χ3v) is 3.05. The number of rotatable bonds is 4. The highest BCUT2D eigenvalue weighted by Crippen LogP contribution is 2.23. The third kappa shape index (κ3) is 2.64. The van der Waals surface area contributed by atoms with Crippen LogP contribution in [0.2, 0.25) is 0 Å². The van der Waals surface area contributed by atoms with Crippen molar-refractivity contribution >= 4 is 5.78 Å². The number of ketones is 1. The van der Waals surface area contributed by atoms with Crippen molar-refractivity contribution in [3.63, 3.8) is 0 Å². The molecule has 1 heterocycles. The van der Waals surface area contributed by atoms with Gasteiger partial charge in [-0.25, -0.2) is 0 Å². The number of hydrogen-bond donors (Lipinski definition) is 0. The van der Waals surface area contributed by atoms with Gasteiger partial charge in [-0.1, -0.05) is 12.1 Å². The quantitative estimate of drug-likeness (QED) is 0.803. The van der Waals surface area contributed by atoms with Crippen molar-refractivity contribution in [2.45, 2.75) is 20.8 Å². The van der Waals surface area contributed by atoms with E-state index in [-0.39, 0.29) is 16.8 Å². The maximum Gasteiger partial charge on any atom is 0.192 e. The van der Waals surface area contributed by atoms with Crippen molar-refractivity contribution in [3.05, 3.63) is 58.0 Å². The highest BCUT2D eigenvalue weighted by Gasteiger charge is 2.11. The van der Waals surface area contributed by atoms with Gasteiger partial charge in [0.2, 0.25) is 0 Å². The number of benzene rings is 1. The fourth-order valence-electron chi connectivity index (χ4n) is 2.09. The number of para-hydroxylation sites is 2. The molecule has 0 bridgehead atoms. The summed E-state index contributed by atoms with van der Waals surface area (Å²) in [5.74, 6) is 0.480. The molecule has 4 heteroatoms. The van der Waals surface area contributed by atoms with E-state index in [4.69, 9.17) is 4.74 Å². The molecule has 4 nitrogen and oxygen atoms in total. The molecule has 0 aliphatic carbocycles. The molecule has 0 unspecified atom stereocenters. The zero-order valence-corrected chi connectivity index (χ0v) is 11.8. The largest absolute Gasteiger partial charge is 0.492 e. The lowest BCUT2D eigenvalue weighted by atomic mass is 10.1. The van der Waals surface area contributed by atoms with E-state index in [1.807, 2.05) is 42.7 Å². The maximum absolute atomic E-state index is 11.8. The summed E-state index contributed by atoms with van der Waals surface area (Å²) in [7, 11) is 0. The molecule has 104 valence electrons. The average Bonchev–Trinajstić information content (AvgIpc) is 2.40. The zero-order chi connectivity index (χ0) is 14.7. The Morgan fingerprint density at radius 3 is 2.65 bits per heavy atom. The molecule has 0 spiro atoms. The SMILES string of the molecule is CCOc1ccccc1-n1cc(C(C)=O)c(=O)cc1C. The number of hydrogen-bond acceptors (Lipinski definition) is 3. The van der Waals surface area contributed by atoms with Crippen LogP contribution in [-0.4, -0.2) is 17.0 Å². The second kappa shape index (κ2) is 5.74. The van der Waals surface area contributed by atoms with Crippen molar-refractivity contribution in [2.75, 3.05) is 6.61 Å². The Balaban J connectivity index is 2.67. The fraction of sp³-hybridized carbons (Fsp3) is 0.250. The first-order valence-electron chi connectivity index (χ1n) is 6.51. The molecule has 0 saturated carbocycles. The fourth-order valence-corrected chi connectivity index (χ4v) is 2.09. The summed E-state index contributed by atoms with van der Waals surface area (Å²) in [6.45, 7) is 5.69. The zero-order valence-electron chi connectivity index (χ0n) is 11.8. The second-order valence-electron chi connectivity index (χ2n) is 4.52. The molecule has 2 rings (SSSR count). The lowest BCUT2D eigenvalue weighted by molar-refractivity contribution is 0.101. The van der Waals surface area contributed by atoms with E-state index in [9.17, 15) is 9.59 Å². The number of pyridine rings is 1. The Morgan fingerprint density at radius 1 is 1.30 bits per heavy atom. The first kappa shape index (κ1) is 14.1. The molecule has 1 aromatic carbocycles. The molecular weight excluding hydrogens is 254 g/mol. The number of carbonyl (C=O) groups is 1. The molecule has 0 aliphatic rings. The number of ether oxygens (including phenoxy) is 1. The van der Waals surface area contributed by atoms with Crippen LogP contribution in [0.4, 0.5) is 0 Å². The van der Waals surface area contributed by atoms with Crippen LogP contribution in [0.3, 0.4) is 0 Å². The Labute approximate surface area is 117 Å². The summed E-state index contributed by atoms with van der Waals surface area (Å²) in [6.07, 6.45) is 1.58. The first-order valence-corrected chi connectivity index (χ1v) is 6.51. The van der Waals surface area contributed by atoms with Gasteiger partial charge in [0.15, 0.2) is 11.2 Å². The van der Waals surface area contributed by atoms with Crippen LogP contribution in [0.5, 0.6) is 5.75 Å². The third-order valence-electron chi connectivity index (χ3n) is 3.05. The van der Waals surface area contributed by atoms with E-state index in [0.717, 1.165) is 17.1 Å². The summed E-state index contributed by atoms with van der Waals surface area (Å²) < 4.78 is 7.40. The standard InChI is InChI=1S/C16H17NO3/c1-4-20-16-8-6-5-7-14(16)17-10-13(12(3)18)15(19)9-11(17)2/h5-10H,4H2,1-3H3. The number of Topliss-reactive ketones (excluding diaryl/α,β-unsaturated/α-hetero) is 1. The van der Waals surface area contributed by atoms with Gasteiger partial charge < -0.3 is 9.30 Å². The minimum Gasteiger partial charge on any atom is -0.492 e. The van der Waals surface area contributed by atoms with Crippen molar-refractivity contribution in [1.29, 1.82) is 0 Å². The highest BCUT2D eigenvalue weighted by atomic mass is 16.5. The van der Waals surface area contributed by atoms with Gasteiger partial charge in [-0.15, -0.1) is 0 Å². The molecule has 0 N–H and O–H groups in total. The van der Waals surface area contributed by atoms with Crippen LogP contribution < -0.4 is 10.2 Å². The number of nitrogens with zero attached hydrogens (tertiary/aromatic N) is 1. The molecule has 1 aromatic heterocycles. The van der Waals surface area contributed by atoms with Gasteiger partial charge in [0, 0.05) is 18.0 Å².